The molecule has 0 radical (unpaired) electrons. The third-order valence-electron chi connectivity index (χ3n) is 1.24. The lowest BCUT2D eigenvalue weighted by atomic mass is 10.3. The minimum absolute atomic E-state index is 0.0327. The van der Waals surface area contributed by atoms with Crippen molar-refractivity contribution in [3.63, 3.8) is 0 Å². The number of alkyl halides is 3. The second-order valence-electron chi connectivity index (χ2n) is 2.02. The van der Waals surface area contributed by atoms with E-state index in [1.807, 2.05) is 0 Å². The normalized spacial score (nSPS) is 10.5. The van der Waals surface area contributed by atoms with Crippen LogP contribution in [0.2, 0.25) is 0 Å². The molecule has 0 aliphatic carbocycles. The first kappa shape index (κ1) is 8.59. The second-order valence-corrected chi connectivity index (χ2v) is 2.58. The maximum absolute atomic E-state index is 12.0. The lowest BCUT2D eigenvalue weighted by Crippen LogP contribution is -1.88. The Morgan fingerprint density at radius 1 is 1.45 bits per heavy atom. The first-order valence-electron chi connectivity index (χ1n) is 3.03. The van der Waals surface area contributed by atoms with Gasteiger partial charge in [-0.2, -0.15) is 0 Å². The SMILES string of the molecule is FC(F)c1ccc(CBr)nc1. The molecule has 1 heterocycles. The summed E-state index contributed by atoms with van der Waals surface area (Å²) >= 11 is 3.17. The Labute approximate surface area is 71.6 Å². The first-order valence-corrected chi connectivity index (χ1v) is 4.15. The molecular weight excluding hydrogens is 216 g/mol. The summed E-state index contributed by atoms with van der Waals surface area (Å²) in [5.74, 6) is 0. The molecule has 0 saturated carbocycles. The molecule has 60 valence electrons. The summed E-state index contributed by atoms with van der Waals surface area (Å²) in [6.07, 6.45) is -1.23. The highest BCUT2D eigenvalue weighted by Gasteiger charge is 2.05. The molecule has 0 unspecified atom stereocenters. The number of aromatic nitrogens is 1. The second kappa shape index (κ2) is 3.76. The topological polar surface area (TPSA) is 12.9 Å². The van der Waals surface area contributed by atoms with Crippen LogP contribution in [0.25, 0.3) is 0 Å². The number of hydrogen-bond donors (Lipinski definition) is 0. The van der Waals surface area contributed by atoms with Gasteiger partial charge in [0.25, 0.3) is 6.43 Å². The molecule has 0 saturated heterocycles. The van der Waals surface area contributed by atoms with Crippen molar-refractivity contribution in [1.29, 1.82) is 0 Å². The summed E-state index contributed by atoms with van der Waals surface area (Å²) < 4.78 is 23.9. The molecular formula is C7H6BrF2N. The van der Waals surface area contributed by atoms with E-state index in [2.05, 4.69) is 20.9 Å². The number of nitrogens with zero attached hydrogens (tertiary/aromatic N) is 1. The van der Waals surface area contributed by atoms with E-state index in [9.17, 15) is 8.78 Å². The van der Waals surface area contributed by atoms with Gasteiger partial charge in [-0.15, -0.1) is 0 Å². The number of rotatable bonds is 2. The molecule has 0 bridgehead atoms. The van der Waals surface area contributed by atoms with Crippen molar-refractivity contribution in [2.45, 2.75) is 11.8 Å². The fourth-order valence-corrected chi connectivity index (χ4v) is 0.976. The Morgan fingerprint density at radius 3 is 2.55 bits per heavy atom. The minimum atomic E-state index is -2.42. The Kier molecular flexibility index (Phi) is 2.93. The third kappa shape index (κ3) is 2.22. The van der Waals surface area contributed by atoms with E-state index in [1.165, 1.54) is 12.3 Å². The Bertz CT molecular complexity index is 222. The van der Waals surface area contributed by atoms with Gasteiger partial charge in [0, 0.05) is 17.1 Å². The molecule has 11 heavy (non-hydrogen) atoms. The number of pyridine rings is 1. The van der Waals surface area contributed by atoms with Crippen molar-refractivity contribution in [3.8, 4) is 0 Å². The van der Waals surface area contributed by atoms with Crippen LogP contribution in [0.5, 0.6) is 0 Å². The largest absolute Gasteiger partial charge is 0.265 e. The van der Waals surface area contributed by atoms with Gasteiger partial charge < -0.3 is 0 Å². The molecule has 0 fully saturated rings. The van der Waals surface area contributed by atoms with Gasteiger partial charge in [-0.25, -0.2) is 8.78 Å². The summed E-state index contributed by atoms with van der Waals surface area (Å²) in [5, 5.41) is 0.594. The van der Waals surface area contributed by atoms with Crippen molar-refractivity contribution in [3.05, 3.63) is 29.6 Å². The van der Waals surface area contributed by atoms with E-state index in [0.29, 0.717) is 5.33 Å². The van der Waals surface area contributed by atoms with Crippen molar-refractivity contribution < 1.29 is 8.78 Å². The molecule has 4 heteroatoms. The third-order valence-corrected chi connectivity index (χ3v) is 1.81. The minimum Gasteiger partial charge on any atom is -0.260 e. The maximum Gasteiger partial charge on any atom is 0.265 e. The number of hydrogen-bond acceptors (Lipinski definition) is 1. The highest BCUT2D eigenvalue weighted by molar-refractivity contribution is 9.08. The molecule has 1 rings (SSSR count). The average Bonchev–Trinajstić information content (AvgIpc) is 2.05. The van der Waals surface area contributed by atoms with E-state index in [0.717, 1.165) is 5.69 Å². The molecule has 0 aromatic carbocycles. The van der Waals surface area contributed by atoms with E-state index >= 15 is 0 Å². The van der Waals surface area contributed by atoms with Gasteiger partial charge in [0.1, 0.15) is 0 Å². The molecule has 0 spiro atoms. The smallest absolute Gasteiger partial charge is 0.260 e. The van der Waals surface area contributed by atoms with Crippen LogP contribution in [0.3, 0.4) is 0 Å². The van der Waals surface area contributed by atoms with Crippen LogP contribution < -0.4 is 0 Å². The van der Waals surface area contributed by atoms with Crippen LogP contribution in [0, 0.1) is 0 Å². The highest BCUT2D eigenvalue weighted by Crippen LogP contribution is 2.17. The standard InChI is InChI=1S/C7H6BrF2N/c8-3-6-2-1-5(4-11-6)7(9)10/h1-2,4,7H,3H2. The van der Waals surface area contributed by atoms with Gasteiger partial charge >= 0.3 is 0 Å². The zero-order valence-electron chi connectivity index (χ0n) is 5.60. The zero-order chi connectivity index (χ0) is 8.27. The lowest BCUT2D eigenvalue weighted by Gasteiger charge is -1.98. The van der Waals surface area contributed by atoms with Crippen LogP contribution in [0.1, 0.15) is 17.7 Å². The van der Waals surface area contributed by atoms with Gasteiger partial charge in [0.15, 0.2) is 0 Å². The first-order chi connectivity index (χ1) is 5.24. The van der Waals surface area contributed by atoms with Crippen molar-refractivity contribution in [2.24, 2.45) is 0 Å². The quantitative estimate of drug-likeness (QED) is 0.701. The van der Waals surface area contributed by atoms with Crippen molar-refractivity contribution in [2.75, 3.05) is 0 Å². The van der Waals surface area contributed by atoms with Crippen molar-refractivity contribution >= 4 is 15.9 Å². The number of halogens is 3. The molecule has 1 aromatic heterocycles. The van der Waals surface area contributed by atoms with E-state index in [1.54, 1.807) is 6.07 Å². The predicted octanol–water partition coefficient (Wildman–Crippen LogP) is 2.91. The average molecular weight is 222 g/mol. The maximum atomic E-state index is 12.0. The van der Waals surface area contributed by atoms with Gasteiger partial charge in [0.05, 0.1) is 5.69 Å². The van der Waals surface area contributed by atoms with Gasteiger partial charge in [-0.05, 0) is 12.1 Å². The van der Waals surface area contributed by atoms with Crippen LogP contribution in [-0.2, 0) is 5.33 Å². The molecule has 1 aromatic rings. The summed E-state index contributed by atoms with van der Waals surface area (Å²) in [4.78, 5) is 3.79. The van der Waals surface area contributed by atoms with E-state index < -0.39 is 6.43 Å². The molecule has 0 aliphatic heterocycles. The zero-order valence-corrected chi connectivity index (χ0v) is 7.18. The predicted molar refractivity (Wildman–Crippen MR) is 41.8 cm³/mol. The molecule has 1 nitrogen and oxygen atoms in total. The lowest BCUT2D eigenvalue weighted by molar-refractivity contribution is 0.151. The van der Waals surface area contributed by atoms with Crippen LogP contribution in [0.15, 0.2) is 18.3 Å². The molecule has 0 N–H and O–H groups in total. The molecule has 0 amide bonds. The van der Waals surface area contributed by atoms with E-state index in [4.69, 9.17) is 0 Å². The summed E-state index contributed by atoms with van der Waals surface area (Å²) in [6.45, 7) is 0. The van der Waals surface area contributed by atoms with Crippen LogP contribution in [0.4, 0.5) is 8.78 Å². The van der Waals surface area contributed by atoms with E-state index in [-0.39, 0.29) is 5.56 Å². The Balaban J connectivity index is 2.83. The molecule has 0 atom stereocenters. The summed E-state index contributed by atoms with van der Waals surface area (Å²) in [7, 11) is 0. The monoisotopic (exact) mass is 221 g/mol. The van der Waals surface area contributed by atoms with Gasteiger partial charge in [0.2, 0.25) is 0 Å². The Hall–Kier alpha value is -0.510. The fourth-order valence-electron chi connectivity index (χ4n) is 0.644. The highest BCUT2D eigenvalue weighted by atomic mass is 79.9. The van der Waals surface area contributed by atoms with Crippen molar-refractivity contribution in [1.82, 2.24) is 4.98 Å². The summed E-state index contributed by atoms with van der Waals surface area (Å²) in [6, 6.07) is 2.96. The Morgan fingerprint density at radius 2 is 2.18 bits per heavy atom. The molecule has 0 aliphatic rings. The van der Waals surface area contributed by atoms with Crippen LogP contribution in [-0.4, -0.2) is 4.98 Å². The van der Waals surface area contributed by atoms with Gasteiger partial charge in [-0.1, -0.05) is 15.9 Å². The fraction of sp³-hybridized carbons (Fsp3) is 0.286. The van der Waals surface area contributed by atoms with Gasteiger partial charge in [-0.3, -0.25) is 4.98 Å². The van der Waals surface area contributed by atoms with Crippen LogP contribution >= 0.6 is 15.9 Å². The summed E-state index contributed by atoms with van der Waals surface area (Å²) in [5.41, 5.74) is 0.726.